The third kappa shape index (κ3) is 3.79. The Bertz CT molecular complexity index is 999. The van der Waals surface area contributed by atoms with Crippen molar-refractivity contribution in [2.75, 3.05) is 0 Å². The normalized spacial score (nSPS) is 11.4. The molecule has 0 aliphatic heterocycles. The van der Waals surface area contributed by atoms with Crippen LogP contribution in [-0.4, -0.2) is 25.5 Å². The Morgan fingerprint density at radius 1 is 1.15 bits per heavy atom. The highest BCUT2D eigenvalue weighted by atomic mass is 35.5. The fraction of sp³-hybridized carbons (Fsp3) is 0. The molecule has 1 aromatic heterocycles. The molecule has 2 aromatic carbocycles. The van der Waals surface area contributed by atoms with Crippen molar-refractivity contribution < 1.29 is 9.72 Å². The van der Waals surface area contributed by atoms with Gasteiger partial charge >= 0.3 is 0 Å². The highest BCUT2D eigenvalue weighted by Crippen LogP contribution is 2.24. The molecule has 0 amide bonds. The Hall–Kier alpha value is -3.03. The van der Waals surface area contributed by atoms with E-state index < -0.39 is 4.92 Å². The average molecular weight is 389 g/mol. The van der Waals surface area contributed by atoms with E-state index in [1.807, 2.05) is 0 Å². The predicted molar refractivity (Wildman–Crippen MR) is 97.3 cm³/mol. The second kappa shape index (κ2) is 7.47. The Balaban J connectivity index is 2.05. The van der Waals surface area contributed by atoms with E-state index in [0.29, 0.717) is 16.3 Å². The largest absolute Gasteiger partial charge is 0.289 e. The molecule has 130 valence electrons. The molecule has 9 heteroatoms. The van der Waals surface area contributed by atoms with Crippen LogP contribution in [0.1, 0.15) is 15.9 Å². The van der Waals surface area contributed by atoms with Crippen LogP contribution in [0.25, 0.3) is 5.70 Å². The fourth-order valence-corrected chi connectivity index (χ4v) is 2.76. The van der Waals surface area contributed by atoms with E-state index in [1.54, 1.807) is 6.07 Å². The Labute approximate surface area is 157 Å². The van der Waals surface area contributed by atoms with Crippen LogP contribution in [0.2, 0.25) is 10.0 Å². The van der Waals surface area contributed by atoms with Gasteiger partial charge in [0.25, 0.3) is 5.69 Å². The lowest BCUT2D eigenvalue weighted by atomic mass is 10.1. The first-order chi connectivity index (χ1) is 12.5. The van der Waals surface area contributed by atoms with Gasteiger partial charge in [0.1, 0.15) is 12.7 Å². The number of nitro benzene ring substituents is 1. The number of nitro groups is 1. The average Bonchev–Trinajstić information content (AvgIpc) is 3.14. The second-order valence-electron chi connectivity index (χ2n) is 5.16. The molecule has 0 saturated heterocycles. The molecule has 3 rings (SSSR count). The molecule has 0 aliphatic rings. The first kappa shape index (κ1) is 17.8. The van der Waals surface area contributed by atoms with Gasteiger partial charge in [0, 0.05) is 34.4 Å². The summed E-state index contributed by atoms with van der Waals surface area (Å²) in [6, 6.07) is 10.3. The molecule has 0 aliphatic carbocycles. The molecule has 0 fully saturated rings. The van der Waals surface area contributed by atoms with Gasteiger partial charge in [-0.15, -0.1) is 0 Å². The molecule has 7 nitrogen and oxygen atoms in total. The van der Waals surface area contributed by atoms with Gasteiger partial charge in [-0.1, -0.05) is 23.2 Å². The van der Waals surface area contributed by atoms with Gasteiger partial charge in [-0.05, 0) is 30.3 Å². The summed E-state index contributed by atoms with van der Waals surface area (Å²) in [5.41, 5.74) is 1.17. The van der Waals surface area contributed by atoms with Gasteiger partial charge in [0.2, 0.25) is 0 Å². The summed E-state index contributed by atoms with van der Waals surface area (Å²) in [5, 5.41) is 15.5. The van der Waals surface area contributed by atoms with Crippen molar-refractivity contribution in [3.8, 4) is 0 Å². The van der Waals surface area contributed by atoms with Crippen molar-refractivity contribution >= 4 is 40.4 Å². The van der Waals surface area contributed by atoms with E-state index in [1.165, 1.54) is 59.8 Å². The molecule has 26 heavy (non-hydrogen) atoms. The van der Waals surface area contributed by atoms with Gasteiger partial charge in [-0.2, -0.15) is 5.10 Å². The zero-order valence-electron chi connectivity index (χ0n) is 13.0. The minimum atomic E-state index is -0.499. The number of aromatic nitrogens is 3. The van der Waals surface area contributed by atoms with Gasteiger partial charge < -0.3 is 0 Å². The molecule has 0 bridgehead atoms. The fourth-order valence-electron chi connectivity index (χ4n) is 2.26. The Morgan fingerprint density at radius 3 is 2.46 bits per heavy atom. The molecular formula is C17H10Cl2N4O3. The number of ketones is 1. The van der Waals surface area contributed by atoms with Crippen LogP contribution in [0.4, 0.5) is 5.69 Å². The standard InChI is InChI=1S/C17H10Cl2N4O3/c18-12-3-6-14(15(19)7-12)17(24)8-16(22-10-20-9-21-22)11-1-4-13(5-2-11)23(25)26/h1-10H/b16-8-. The lowest BCUT2D eigenvalue weighted by Gasteiger charge is -2.08. The minimum Gasteiger partial charge on any atom is -0.289 e. The van der Waals surface area contributed by atoms with Crippen LogP contribution < -0.4 is 0 Å². The lowest BCUT2D eigenvalue weighted by Crippen LogP contribution is -2.05. The van der Waals surface area contributed by atoms with Crippen LogP contribution >= 0.6 is 23.2 Å². The number of carbonyl (C=O) groups excluding carboxylic acids is 1. The highest BCUT2D eigenvalue weighted by molar-refractivity contribution is 6.37. The summed E-state index contributed by atoms with van der Waals surface area (Å²) in [7, 11) is 0. The number of hydrogen-bond donors (Lipinski definition) is 0. The lowest BCUT2D eigenvalue weighted by molar-refractivity contribution is -0.384. The van der Waals surface area contributed by atoms with E-state index in [9.17, 15) is 14.9 Å². The van der Waals surface area contributed by atoms with E-state index in [-0.39, 0.29) is 22.1 Å². The molecule has 0 spiro atoms. The van der Waals surface area contributed by atoms with Crippen LogP contribution in [0.5, 0.6) is 0 Å². The van der Waals surface area contributed by atoms with Crippen molar-refractivity contribution in [3.05, 3.63) is 92.5 Å². The van der Waals surface area contributed by atoms with Gasteiger partial charge in [-0.25, -0.2) is 9.67 Å². The maximum absolute atomic E-state index is 12.7. The molecule has 0 atom stereocenters. The monoisotopic (exact) mass is 388 g/mol. The SMILES string of the molecule is O=C(/C=C(/c1ccc([N+](=O)[O-])cc1)n1cncn1)c1ccc(Cl)cc1Cl. The van der Waals surface area contributed by atoms with Crippen molar-refractivity contribution in [1.29, 1.82) is 0 Å². The van der Waals surface area contributed by atoms with Crippen LogP contribution in [-0.2, 0) is 0 Å². The first-order valence-corrected chi connectivity index (χ1v) is 8.02. The highest BCUT2D eigenvalue weighted by Gasteiger charge is 2.14. The summed E-state index contributed by atoms with van der Waals surface area (Å²) in [4.78, 5) is 26.9. The van der Waals surface area contributed by atoms with Crippen LogP contribution in [0.15, 0.2) is 61.2 Å². The van der Waals surface area contributed by atoms with E-state index in [0.717, 1.165) is 0 Å². The number of allylic oxidation sites excluding steroid dienone is 1. The molecule has 0 radical (unpaired) electrons. The molecule has 1 heterocycles. The third-order valence-electron chi connectivity index (χ3n) is 3.50. The third-order valence-corrected chi connectivity index (χ3v) is 4.05. The van der Waals surface area contributed by atoms with E-state index >= 15 is 0 Å². The molecule has 0 saturated carbocycles. The van der Waals surface area contributed by atoms with Gasteiger partial charge in [0.15, 0.2) is 5.78 Å². The first-order valence-electron chi connectivity index (χ1n) is 7.26. The summed E-state index contributed by atoms with van der Waals surface area (Å²) in [6.07, 6.45) is 4.08. The summed E-state index contributed by atoms with van der Waals surface area (Å²) < 4.78 is 1.39. The molecular weight excluding hydrogens is 379 g/mol. The van der Waals surface area contributed by atoms with Crippen molar-refractivity contribution in [3.63, 3.8) is 0 Å². The number of nitrogens with zero attached hydrogens (tertiary/aromatic N) is 4. The summed E-state index contributed by atoms with van der Waals surface area (Å²) in [5.74, 6) is -0.365. The number of hydrogen-bond acceptors (Lipinski definition) is 5. The maximum Gasteiger partial charge on any atom is 0.269 e. The van der Waals surface area contributed by atoms with E-state index in [2.05, 4.69) is 10.1 Å². The predicted octanol–water partition coefficient (Wildman–Crippen LogP) is 4.27. The molecule has 3 aromatic rings. The smallest absolute Gasteiger partial charge is 0.269 e. The Morgan fingerprint density at radius 2 is 1.88 bits per heavy atom. The summed E-state index contributed by atoms with van der Waals surface area (Å²) in [6.45, 7) is 0. The van der Waals surface area contributed by atoms with E-state index in [4.69, 9.17) is 23.2 Å². The van der Waals surface area contributed by atoms with Crippen LogP contribution in [0, 0.1) is 10.1 Å². The number of benzene rings is 2. The Kier molecular flexibility index (Phi) is 5.11. The number of non-ortho nitro benzene ring substituents is 1. The topological polar surface area (TPSA) is 90.9 Å². The van der Waals surface area contributed by atoms with Gasteiger partial charge in [0.05, 0.1) is 15.6 Å². The van der Waals surface area contributed by atoms with Crippen molar-refractivity contribution in [2.24, 2.45) is 0 Å². The zero-order chi connectivity index (χ0) is 18.7. The second-order valence-corrected chi connectivity index (χ2v) is 6.01. The zero-order valence-corrected chi connectivity index (χ0v) is 14.6. The van der Waals surface area contributed by atoms with Crippen molar-refractivity contribution in [2.45, 2.75) is 0 Å². The van der Waals surface area contributed by atoms with Crippen LogP contribution in [0.3, 0.4) is 0 Å². The number of halogens is 2. The van der Waals surface area contributed by atoms with Crippen molar-refractivity contribution in [1.82, 2.24) is 14.8 Å². The maximum atomic E-state index is 12.7. The quantitative estimate of drug-likeness (QED) is 0.281. The van der Waals surface area contributed by atoms with Gasteiger partial charge in [-0.3, -0.25) is 14.9 Å². The number of rotatable bonds is 5. The minimum absolute atomic E-state index is 0.0567. The molecule has 0 N–H and O–H groups in total. The summed E-state index contributed by atoms with van der Waals surface area (Å²) >= 11 is 11.9. The number of carbonyl (C=O) groups is 1. The molecule has 0 unspecified atom stereocenters.